The molecule has 5 nitrogen and oxygen atoms in total. The molecule has 1 aromatic carbocycles. The number of hydrogen-bond acceptors (Lipinski definition) is 3. The number of fused-ring (bicyclic) bond motifs is 1. The summed E-state index contributed by atoms with van der Waals surface area (Å²) in [4.78, 5) is 14.4. The van der Waals surface area contributed by atoms with Crippen LogP contribution in [0.4, 0.5) is 0 Å². The number of para-hydroxylation sites is 1. The summed E-state index contributed by atoms with van der Waals surface area (Å²) in [5, 5.41) is 17.8. The summed E-state index contributed by atoms with van der Waals surface area (Å²) in [5.74, 6) is 0.136. The van der Waals surface area contributed by atoms with Crippen LogP contribution in [-0.4, -0.2) is 45.8 Å². The Hall–Kier alpha value is -1.88. The van der Waals surface area contributed by atoms with E-state index in [1.807, 2.05) is 29.2 Å². The van der Waals surface area contributed by atoms with Crippen molar-refractivity contribution in [3.8, 4) is 0 Å². The number of aliphatic hydroxyl groups is 1. The number of nitrogens with zero attached hydrogens (tertiary/aromatic N) is 2. The van der Waals surface area contributed by atoms with Crippen LogP contribution in [0.5, 0.6) is 0 Å². The van der Waals surface area contributed by atoms with Crippen LogP contribution in [0.1, 0.15) is 31.9 Å². The van der Waals surface area contributed by atoms with Gasteiger partial charge in [-0.15, -0.1) is 0 Å². The van der Waals surface area contributed by atoms with Crippen LogP contribution in [0.3, 0.4) is 0 Å². The van der Waals surface area contributed by atoms with Gasteiger partial charge in [-0.2, -0.15) is 5.10 Å². The third-order valence-corrected chi connectivity index (χ3v) is 5.13. The zero-order chi connectivity index (χ0) is 15.6. The molecule has 0 spiro atoms. The van der Waals surface area contributed by atoms with Crippen molar-refractivity contribution in [2.24, 2.45) is 5.41 Å². The fraction of sp³-hybridized carbons (Fsp3) is 0.529. The number of nitrogens with one attached hydrogen (secondary N) is 1. The first-order valence-corrected chi connectivity index (χ1v) is 7.98. The monoisotopic (exact) mass is 301 g/mol. The number of carbonyl (C=O) groups excluding carboxylic acids is 1. The highest BCUT2D eigenvalue weighted by molar-refractivity contribution is 5.87. The maximum Gasteiger partial charge on any atom is 0.228 e. The minimum Gasteiger partial charge on any atom is -0.396 e. The SMILES string of the molecule is CCC1(CO)CCN(C(=O)Cc2[nH]nc3ccccc23)CC1. The first-order valence-electron chi connectivity index (χ1n) is 7.98. The second-order valence-corrected chi connectivity index (χ2v) is 6.29. The lowest BCUT2D eigenvalue weighted by Crippen LogP contribution is -2.45. The van der Waals surface area contributed by atoms with Crippen molar-refractivity contribution in [1.82, 2.24) is 15.1 Å². The van der Waals surface area contributed by atoms with Crippen molar-refractivity contribution in [2.75, 3.05) is 19.7 Å². The second kappa shape index (κ2) is 6.08. The normalized spacial score (nSPS) is 17.8. The molecule has 1 aromatic heterocycles. The van der Waals surface area contributed by atoms with Crippen LogP contribution in [0.25, 0.3) is 10.9 Å². The summed E-state index contributed by atoms with van der Waals surface area (Å²) in [7, 11) is 0. The molecule has 0 radical (unpaired) electrons. The van der Waals surface area contributed by atoms with E-state index in [0.717, 1.165) is 48.9 Å². The fourth-order valence-electron chi connectivity index (χ4n) is 3.27. The number of carbonyl (C=O) groups is 1. The number of piperidine rings is 1. The maximum atomic E-state index is 12.5. The zero-order valence-electron chi connectivity index (χ0n) is 13.0. The average molecular weight is 301 g/mol. The van der Waals surface area contributed by atoms with Gasteiger partial charge in [-0.25, -0.2) is 0 Å². The molecule has 0 aliphatic carbocycles. The van der Waals surface area contributed by atoms with E-state index in [-0.39, 0.29) is 17.9 Å². The smallest absolute Gasteiger partial charge is 0.228 e. The summed E-state index contributed by atoms with van der Waals surface area (Å²) in [6.45, 7) is 3.81. The number of aromatic amines is 1. The molecule has 0 atom stereocenters. The Kier molecular flexibility index (Phi) is 4.16. The fourth-order valence-corrected chi connectivity index (χ4v) is 3.27. The lowest BCUT2D eigenvalue weighted by Gasteiger charge is -2.40. The van der Waals surface area contributed by atoms with Crippen molar-refractivity contribution in [2.45, 2.75) is 32.6 Å². The first-order chi connectivity index (χ1) is 10.7. The Balaban J connectivity index is 1.66. The molecule has 0 bridgehead atoms. The number of H-pyrrole nitrogens is 1. The second-order valence-electron chi connectivity index (χ2n) is 6.29. The summed E-state index contributed by atoms with van der Waals surface area (Å²) >= 11 is 0. The van der Waals surface area contributed by atoms with E-state index in [4.69, 9.17) is 0 Å². The van der Waals surface area contributed by atoms with Gasteiger partial charge in [-0.05, 0) is 30.7 Å². The van der Waals surface area contributed by atoms with Crippen molar-refractivity contribution < 1.29 is 9.90 Å². The van der Waals surface area contributed by atoms with Crippen molar-refractivity contribution >= 4 is 16.8 Å². The summed E-state index contributed by atoms with van der Waals surface area (Å²) in [5.41, 5.74) is 1.79. The van der Waals surface area contributed by atoms with Crippen molar-refractivity contribution in [1.29, 1.82) is 0 Å². The molecule has 1 aliphatic heterocycles. The standard InChI is InChI=1S/C17H23N3O2/c1-2-17(12-21)7-9-20(10-8-17)16(22)11-15-13-5-3-4-6-14(13)18-19-15/h3-6,21H,2,7-12H2,1H3,(H,18,19). The molecular weight excluding hydrogens is 278 g/mol. The molecule has 0 unspecified atom stereocenters. The molecule has 2 aromatic rings. The molecular formula is C17H23N3O2. The molecule has 2 heterocycles. The Morgan fingerprint density at radius 3 is 2.77 bits per heavy atom. The lowest BCUT2D eigenvalue weighted by atomic mass is 9.77. The molecule has 0 saturated carbocycles. The van der Waals surface area contributed by atoms with Crippen LogP contribution in [0, 0.1) is 5.41 Å². The number of rotatable bonds is 4. The van der Waals surface area contributed by atoms with Gasteiger partial charge in [0.15, 0.2) is 0 Å². The Bertz CT molecular complexity index is 651. The number of amides is 1. The number of benzene rings is 1. The predicted molar refractivity (Wildman–Crippen MR) is 85.4 cm³/mol. The zero-order valence-corrected chi connectivity index (χ0v) is 13.0. The maximum absolute atomic E-state index is 12.5. The van der Waals surface area contributed by atoms with E-state index in [9.17, 15) is 9.90 Å². The van der Waals surface area contributed by atoms with Crippen LogP contribution in [0.15, 0.2) is 24.3 Å². The van der Waals surface area contributed by atoms with Gasteiger partial charge < -0.3 is 10.0 Å². The van der Waals surface area contributed by atoms with Gasteiger partial charge in [0.05, 0.1) is 17.6 Å². The van der Waals surface area contributed by atoms with Crippen LogP contribution < -0.4 is 0 Å². The Morgan fingerprint density at radius 2 is 2.09 bits per heavy atom. The minimum atomic E-state index is 0.0114. The van der Waals surface area contributed by atoms with E-state index in [2.05, 4.69) is 17.1 Å². The van der Waals surface area contributed by atoms with Gasteiger partial charge in [-0.1, -0.05) is 25.1 Å². The molecule has 1 saturated heterocycles. The number of hydrogen-bond donors (Lipinski definition) is 2. The molecule has 22 heavy (non-hydrogen) atoms. The molecule has 1 aliphatic rings. The number of aliphatic hydroxyl groups excluding tert-OH is 1. The van der Waals surface area contributed by atoms with Gasteiger partial charge in [0.1, 0.15) is 0 Å². The predicted octanol–water partition coefficient (Wildman–Crippen LogP) is 2.12. The highest BCUT2D eigenvalue weighted by Crippen LogP contribution is 2.34. The van der Waals surface area contributed by atoms with E-state index >= 15 is 0 Å². The first kappa shape index (κ1) is 15.0. The third-order valence-electron chi connectivity index (χ3n) is 5.13. The quantitative estimate of drug-likeness (QED) is 0.909. The molecule has 2 N–H and O–H groups in total. The van der Waals surface area contributed by atoms with Crippen molar-refractivity contribution in [3.05, 3.63) is 30.0 Å². The van der Waals surface area contributed by atoms with E-state index in [0.29, 0.717) is 6.42 Å². The largest absolute Gasteiger partial charge is 0.396 e. The lowest BCUT2D eigenvalue weighted by molar-refractivity contribution is -0.133. The minimum absolute atomic E-state index is 0.0114. The van der Waals surface area contributed by atoms with E-state index < -0.39 is 0 Å². The van der Waals surface area contributed by atoms with Gasteiger partial charge in [0.25, 0.3) is 0 Å². The number of aromatic nitrogens is 2. The average Bonchev–Trinajstić information content (AvgIpc) is 2.98. The summed E-state index contributed by atoms with van der Waals surface area (Å²) < 4.78 is 0. The van der Waals surface area contributed by atoms with Gasteiger partial charge in [0, 0.05) is 25.1 Å². The highest BCUT2D eigenvalue weighted by Gasteiger charge is 2.33. The Labute approximate surface area is 130 Å². The molecule has 118 valence electrons. The molecule has 3 rings (SSSR count). The Morgan fingerprint density at radius 1 is 1.36 bits per heavy atom. The highest BCUT2D eigenvalue weighted by atomic mass is 16.3. The van der Waals surface area contributed by atoms with Crippen LogP contribution >= 0.6 is 0 Å². The van der Waals surface area contributed by atoms with Crippen LogP contribution in [0.2, 0.25) is 0 Å². The molecule has 1 fully saturated rings. The summed E-state index contributed by atoms with van der Waals surface area (Å²) in [6, 6.07) is 7.84. The van der Waals surface area contributed by atoms with Crippen LogP contribution in [-0.2, 0) is 11.2 Å². The van der Waals surface area contributed by atoms with Crippen molar-refractivity contribution in [3.63, 3.8) is 0 Å². The van der Waals surface area contributed by atoms with E-state index in [1.54, 1.807) is 0 Å². The van der Waals surface area contributed by atoms with Gasteiger partial charge in [0.2, 0.25) is 5.91 Å². The van der Waals surface area contributed by atoms with Gasteiger partial charge >= 0.3 is 0 Å². The third kappa shape index (κ3) is 2.73. The molecule has 5 heteroatoms. The van der Waals surface area contributed by atoms with E-state index in [1.165, 1.54) is 0 Å². The summed E-state index contributed by atoms with van der Waals surface area (Å²) in [6.07, 6.45) is 3.10. The molecule has 1 amide bonds. The topological polar surface area (TPSA) is 69.2 Å². The van der Waals surface area contributed by atoms with Gasteiger partial charge in [-0.3, -0.25) is 9.89 Å². The number of likely N-dealkylation sites (tertiary alicyclic amines) is 1.